The molecule has 4 heteroatoms. The summed E-state index contributed by atoms with van der Waals surface area (Å²) in [5, 5.41) is 0.982. The Balaban J connectivity index is 1.86. The van der Waals surface area contributed by atoms with Crippen molar-refractivity contribution in [2.45, 2.75) is 0 Å². The number of methoxy groups -OCH3 is 2. The van der Waals surface area contributed by atoms with Gasteiger partial charge in [0, 0.05) is 31.2 Å². The van der Waals surface area contributed by atoms with Crippen LogP contribution in [0.4, 0.5) is 5.69 Å². The minimum Gasteiger partial charge on any atom is -0.493 e. The monoisotopic (exact) mass is 323 g/mol. The Kier molecular flexibility index (Phi) is 4.47. The lowest BCUT2D eigenvalue weighted by molar-refractivity contribution is 0.355. The summed E-state index contributed by atoms with van der Waals surface area (Å²) in [7, 11) is 7.30. The summed E-state index contributed by atoms with van der Waals surface area (Å²) < 4.78 is 16.5. The number of hydrogen-bond acceptors (Lipinski definition) is 4. The van der Waals surface area contributed by atoms with Crippen LogP contribution in [0.5, 0.6) is 11.5 Å². The molecule has 1 aromatic heterocycles. The van der Waals surface area contributed by atoms with Gasteiger partial charge in [0.05, 0.1) is 14.2 Å². The molecule has 124 valence electrons. The molecule has 0 aliphatic rings. The predicted molar refractivity (Wildman–Crippen MR) is 99.0 cm³/mol. The molecule has 0 saturated carbocycles. The van der Waals surface area contributed by atoms with Gasteiger partial charge in [-0.15, -0.1) is 0 Å². The van der Waals surface area contributed by atoms with Crippen molar-refractivity contribution in [3.05, 3.63) is 53.8 Å². The van der Waals surface area contributed by atoms with Gasteiger partial charge in [-0.1, -0.05) is 18.2 Å². The SMILES string of the molecule is COc1cc2cc(C=Cc3ccc(N(C)C)cc3)oc2cc1OC. The molecule has 0 radical (unpaired) electrons. The van der Waals surface area contributed by atoms with Crippen molar-refractivity contribution >= 4 is 28.8 Å². The lowest BCUT2D eigenvalue weighted by Gasteiger charge is -2.11. The molecule has 0 spiro atoms. The first-order chi connectivity index (χ1) is 11.6. The second-order valence-electron chi connectivity index (χ2n) is 5.71. The lowest BCUT2D eigenvalue weighted by Crippen LogP contribution is -2.07. The van der Waals surface area contributed by atoms with Gasteiger partial charge in [-0.05, 0) is 35.9 Å². The standard InChI is InChI=1S/C20H21NO3/c1-21(2)16-8-5-14(6-9-16)7-10-17-11-15-12-19(22-3)20(23-4)13-18(15)24-17/h5-13H,1-4H3. The Bertz CT molecular complexity index is 819. The molecule has 2 aromatic carbocycles. The molecule has 4 nitrogen and oxygen atoms in total. The first-order valence-corrected chi connectivity index (χ1v) is 7.72. The topological polar surface area (TPSA) is 34.8 Å². The molecule has 0 unspecified atom stereocenters. The highest BCUT2D eigenvalue weighted by Crippen LogP contribution is 2.34. The van der Waals surface area contributed by atoms with Crippen LogP contribution in [0, 0.1) is 0 Å². The normalized spacial score (nSPS) is 11.2. The van der Waals surface area contributed by atoms with Gasteiger partial charge in [0.15, 0.2) is 11.5 Å². The zero-order valence-corrected chi connectivity index (χ0v) is 14.4. The third-order valence-corrected chi connectivity index (χ3v) is 3.89. The molecule has 0 fully saturated rings. The molecule has 0 bridgehead atoms. The van der Waals surface area contributed by atoms with Crippen LogP contribution in [0.3, 0.4) is 0 Å². The second kappa shape index (κ2) is 6.71. The minimum atomic E-state index is 0.661. The maximum atomic E-state index is 5.86. The molecule has 0 atom stereocenters. The summed E-state index contributed by atoms with van der Waals surface area (Å²) in [5.74, 6) is 2.15. The fraction of sp³-hybridized carbons (Fsp3) is 0.200. The zero-order chi connectivity index (χ0) is 17.1. The Morgan fingerprint density at radius 3 is 2.17 bits per heavy atom. The average Bonchev–Trinajstić information content (AvgIpc) is 3.00. The van der Waals surface area contributed by atoms with Crippen molar-refractivity contribution in [1.82, 2.24) is 0 Å². The quantitative estimate of drug-likeness (QED) is 0.682. The summed E-state index contributed by atoms with van der Waals surface area (Å²) >= 11 is 0. The molecule has 0 aliphatic heterocycles. The van der Waals surface area contributed by atoms with Crippen molar-refractivity contribution in [2.75, 3.05) is 33.2 Å². The number of anilines is 1. The van der Waals surface area contributed by atoms with E-state index in [2.05, 4.69) is 29.2 Å². The van der Waals surface area contributed by atoms with E-state index in [-0.39, 0.29) is 0 Å². The summed E-state index contributed by atoms with van der Waals surface area (Å²) in [6.07, 6.45) is 4.00. The number of furan rings is 1. The van der Waals surface area contributed by atoms with E-state index in [0.29, 0.717) is 11.5 Å². The van der Waals surface area contributed by atoms with Crippen LogP contribution in [0.25, 0.3) is 23.1 Å². The van der Waals surface area contributed by atoms with E-state index in [4.69, 9.17) is 13.9 Å². The first-order valence-electron chi connectivity index (χ1n) is 7.72. The highest BCUT2D eigenvalue weighted by molar-refractivity contribution is 5.85. The van der Waals surface area contributed by atoms with E-state index in [0.717, 1.165) is 22.3 Å². The molecule has 1 heterocycles. The largest absolute Gasteiger partial charge is 0.493 e. The van der Waals surface area contributed by atoms with Gasteiger partial charge in [0.25, 0.3) is 0 Å². The molecule has 0 saturated heterocycles. The summed E-state index contributed by atoms with van der Waals surface area (Å²) in [4.78, 5) is 2.08. The van der Waals surface area contributed by atoms with Crippen LogP contribution >= 0.6 is 0 Å². The van der Waals surface area contributed by atoms with E-state index < -0.39 is 0 Å². The van der Waals surface area contributed by atoms with Gasteiger partial charge < -0.3 is 18.8 Å². The third kappa shape index (κ3) is 3.23. The van der Waals surface area contributed by atoms with Gasteiger partial charge in [-0.2, -0.15) is 0 Å². The zero-order valence-electron chi connectivity index (χ0n) is 14.4. The van der Waals surface area contributed by atoms with Gasteiger partial charge in [-0.3, -0.25) is 0 Å². The van der Waals surface area contributed by atoms with E-state index in [1.165, 1.54) is 5.69 Å². The van der Waals surface area contributed by atoms with Crippen LogP contribution in [-0.4, -0.2) is 28.3 Å². The van der Waals surface area contributed by atoms with Crippen LogP contribution in [0.15, 0.2) is 46.9 Å². The van der Waals surface area contributed by atoms with Crippen molar-refractivity contribution < 1.29 is 13.9 Å². The average molecular weight is 323 g/mol. The summed E-state index contributed by atoms with van der Waals surface area (Å²) in [6, 6.07) is 14.1. The lowest BCUT2D eigenvalue weighted by atomic mass is 10.1. The molecule has 3 aromatic rings. The van der Waals surface area contributed by atoms with E-state index in [9.17, 15) is 0 Å². The van der Waals surface area contributed by atoms with Crippen molar-refractivity contribution in [3.63, 3.8) is 0 Å². The minimum absolute atomic E-state index is 0.661. The predicted octanol–water partition coefficient (Wildman–Crippen LogP) is 4.69. The maximum Gasteiger partial charge on any atom is 0.164 e. The number of fused-ring (bicyclic) bond motifs is 1. The second-order valence-corrected chi connectivity index (χ2v) is 5.71. The molecule has 0 amide bonds. The Labute approximate surface area is 141 Å². The van der Waals surface area contributed by atoms with E-state index in [1.807, 2.05) is 44.4 Å². The van der Waals surface area contributed by atoms with E-state index in [1.54, 1.807) is 14.2 Å². The highest BCUT2D eigenvalue weighted by atomic mass is 16.5. The molecular weight excluding hydrogens is 302 g/mol. The number of ether oxygens (including phenoxy) is 2. The summed E-state index contributed by atoms with van der Waals surface area (Å²) in [5.41, 5.74) is 3.07. The van der Waals surface area contributed by atoms with Crippen LogP contribution in [-0.2, 0) is 0 Å². The Morgan fingerprint density at radius 1 is 0.875 bits per heavy atom. The van der Waals surface area contributed by atoms with Crippen LogP contribution in [0.1, 0.15) is 11.3 Å². The van der Waals surface area contributed by atoms with Crippen LogP contribution in [0.2, 0.25) is 0 Å². The van der Waals surface area contributed by atoms with Gasteiger partial charge in [0.2, 0.25) is 0 Å². The Hall–Kier alpha value is -2.88. The number of hydrogen-bond donors (Lipinski definition) is 0. The fourth-order valence-corrected chi connectivity index (χ4v) is 2.53. The number of rotatable bonds is 5. The molecular formula is C20H21NO3. The number of benzene rings is 2. The third-order valence-electron chi connectivity index (χ3n) is 3.89. The smallest absolute Gasteiger partial charge is 0.164 e. The number of nitrogens with zero attached hydrogens (tertiary/aromatic N) is 1. The van der Waals surface area contributed by atoms with Crippen molar-refractivity contribution in [3.8, 4) is 11.5 Å². The van der Waals surface area contributed by atoms with Gasteiger partial charge in [-0.25, -0.2) is 0 Å². The maximum absolute atomic E-state index is 5.86. The Morgan fingerprint density at radius 2 is 1.54 bits per heavy atom. The first kappa shape index (κ1) is 16.0. The van der Waals surface area contributed by atoms with Gasteiger partial charge >= 0.3 is 0 Å². The van der Waals surface area contributed by atoms with Crippen molar-refractivity contribution in [1.29, 1.82) is 0 Å². The molecule has 3 rings (SSSR count). The molecule has 0 aliphatic carbocycles. The van der Waals surface area contributed by atoms with E-state index >= 15 is 0 Å². The summed E-state index contributed by atoms with van der Waals surface area (Å²) in [6.45, 7) is 0. The molecule has 24 heavy (non-hydrogen) atoms. The van der Waals surface area contributed by atoms with Gasteiger partial charge in [0.1, 0.15) is 11.3 Å². The van der Waals surface area contributed by atoms with Crippen LogP contribution < -0.4 is 14.4 Å². The molecule has 0 N–H and O–H groups in total. The fourth-order valence-electron chi connectivity index (χ4n) is 2.53. The van der Waals surface area contributed by atoms with Crippen molar-refractivity contribution in [2.24, 2.45) is 0 Å². The highest BCUT2D eigenvalue weighted by Gasteiger charge is 2.09.